The zero-order chi connectivity index (χ0) is 14.3. The van der Waals surface area contributed by atoms with E-state index in [-0.39, 0.29) is 5.41 Å². The Bertz CT molecular complexity index is 758. The Morgan fingerprint density at radius 2 is 1.67 bits per heavy atom. The van der Waals surface area contributed by atoms with Crippen molar-refractivity contribution in [2.75, 3.05) is 5.73 Å². The van der Waals surface area contributed by atoms with Crippen LogP contribution in [0.2, 0.25) is 0 Å². The zero-order valence-corrected chi connectivity index (χ0v) is 11.5. The molecule has 1 heterocycles. The van der Waals surface area contributed by atoms with E-state index in [1.807, 2.05) is 42.5 Å². The lowest BCUT2D eigenvalue weighted by Gasteiger charge is -2.10. The van der Waals surface area contributed by atoms with Crippen molar-refractivity contribution in [2.24, 2.45) is 0 Å². The Hall–Kier alpha value is -2.62. The van der Waals surface area contributed by atoms with Crippen LogP contribution in [0.4, 0.5) is 5.69 Å². The van der Waals surface area contributed by atoms with E-state index in [4.69, 9.17) is 10.3 Å². The molecule has 2 N–H and O–H groups in total. The molecule has 0 aliphatic heterocycles. The first-order valence-electron chi connectivity index (χ1n) is 7.04. The normalized spacial score (nSPS) is 15.8. The Labute approximate surface area is 122 Å². The number of nitrogens with two attached hydrogens (primary N) is 1. The van der Waals surface area contributed by atoms with Crippen LogP contribution in [-0.4, -0.2) is 10.1 Å². The van der Waals surface area contributed by atoms with Crippen molar-refractivity contribution in [3.8, 4) is 11.4 Å². The molecule has 4 rings (SSSR count). The Morgan fingerprint density at radius 1 is 0.952 bits per heavy atom. The van der Waals surface area contributed by atoms with Gasteiger partial charge in [0.05, 0.1) is 5.41 Å². The van der Waals surface area contributed by atoms with Crippen LogP contribution < -0.4 is 5.73 Å². The van der Waals surface area contributed by atoms with Crippen LogP contribution in [0.25, 0.3) is 11.4 Å². The molecular weight excluding hydrogens is 262 g/mol. The largest absolute Gasteiger partial charge is 0.399 e. The summed E-state index contributed by atoms with van der Waals surface area (Å²) in [5.74, 6) is 1.35. The zero-order valence-electron chi connectivity index (χ0n) is 11.5. The third kappa shape index (κ3) is 2.00. The molecule has 4 nitrogen and oxygen atoms in total. The van der Waals surface area contributed by atoms with Crippen molar-refractivity contribution in [2.45, 2.75) is 18.3 Å². The number of nitrogen functional groups attached to an aromatic ring is 1. The van der Waals surface area contributed by atoms with Crippen molar-refractivity contribution < 1.29 is 4.52 Å². The number of aromatic nitrogens is 2. The van der Waals surface area contributed by atoms with Gasteiger partial charge in [0.25, 0.3) is 0 Å². The van der Waals surface area contributed by atoms with E-state index >= 15 is 0 Å². The molecular formula is C17H15N3O. The highest BCUT2D eigenvalue weighted by molar-refractivity contribution is 5.54. The molecule has 0 unspecified atom stereocenters. The number of benzene rings is 2. The first-order valence-corrected chi connectivity index (χ1v) is 7.04. The lowest BCUT2D eigenvalue weighted by Crippen LogP contribution is -2.09. The fourth-order valence-corrected chi connectivity index (χ4v) is 2.68. The van der Waals surface area contributed by atoms with Gasteiger partial charge in [-0.3, -0.25) is 0 Å². The Balaban J connectivity index is 1.71. The fourth-order valence-electron chi connectivity index (χ4n) is 2.68. The molecule has 1 aliphatic carbocycles. The predicted molar refractivity (Wildman–Crippen MR) is 80.6 cm³/mol. The van der Waals surface area contributed by atoms with E-state index in [9.17, 15) is 0 Å². The molecule has 1 aliphatic rings. The Kier molecular flexibility index (Phi) is 2.57. The van der Waals surface area contributed by atoms with Crippen molar-refractivity contribution in [1.29, 1.82) is 0 Å². The molecule has 2 aromatic carbocycles. The highest BCUT2D eigenvalue weighted by Gasteiger charge is 2.50. The first-order chi connectivity index (χ1) is 10.3. The molecule has 0 spiro atoms. The van der Waals surface area contributed by atoms with E-state index < -0.39 is 0 Å². The van der Waals surface area contributed by atoms with Gasteiger partial charge in [0.2, 0.25) is 11.7 Å². The standard InChI is InChI=1S/C17H15N3O/c18-14-8-6-13(7-9-14)17(10-11-17)16-19-15(20-21-16)12-4-2-1-3-5-12/h1-9H,10-11,18H2. The van der Waals surface area contributed by atoms with Gasteiger partial charge in [0.15, 0.2) is 0 Å². The molecule has 4 heteroatoms. The van der Waals surface area contributed by atoms with Gasteiger partial charge < -0.3 is 10.3 Å². The lowest BCUT2D eigenvalue weighted by molar-refractivity contribution is 0.360. The highest BCUT2D eigenvalue weighted by Crippen LogP contribution is 2.53. The van der Waals surface area contributed by atoms with Crippen LogP contribution in [-0.2, 0) is 5.41 Å². The predicted octanol–water partition coefficient (Wildman–Crippen LogP) is 3.40. The van der Waals surface area contributed by atoms with Crippen molar-refractivity contribution in [3.05, 3.63) is 66.1 Å². The smallest absolute Gasteiger partial charge is 0.237 e. The molecule has 21 heavy (non-hydrogen) atoms. The SMILES string of the molecule is Nc1ccc(C2(c3nc(-c4ccccc4)no3)CC2)cc1. The second-order valence-electron chi connectivity index (χ2n) is 5.49. The number of anilines is 1. The van der Waals surface area contributed by atoms with Gasteiger partial charge >= 0.3 is 0 Å². The summed E-state index contributed by atoms with van der Waals surface area (Å²) in [7, 11) is 0. The average Bonchev–Trinajstić information content (AvgIpc) is 3.19. The van der Waals surface area contributed by atoms with Crippen LogP contribution in [0.3, 0.4) is 0 Å². The van der Waals surface area contributed by atoms with Gasteiger partial charge in [-0.15, -0.1) is 0 Å². The molecule has 1 saturated carbocycles. The number of rotatable bonds is 3. The molecule has 0 bridgehead atoms. The summed E-state index contributed by atoms with van der Waals surface area (Å²) in [4.78, 5) is 4.60. The van der Waals surface area contributed by atoms with Gasteiger partial charge in [-0.25, -0.2) is 0 Å². The summed E-state index contributed by atoms with van der Waals surface area (Å²) in [5, 5.41) is 4.12. The Morgan fingerprint density at radius 3 is 2.33 bits per heavy atom. The van der Waals surface area contributed by atoms with Crippen LogP contribution in [0.5, 0.6) is 0 Å². The van der Waals surface area contributed by atoms with Crippen molar-refractivity contribution in [1.82, 2.24) is 10.1 Å². The quantitative estimate of drug-likeness (QED) is 0.745. The van der Waals surface area contributed by atoms with Crippen LogP contribution in [0, 0.1) is 0 Å². The van der Waals surface area contributed by atoms with E-state index in [0.29, 0.717) is 11.7 Å². The van der Waals surface area contributed by atoms with E-state index in [2.05, 4.69) is 22.3 Å². The van der Waals surface area contributed by atoms with Gasteiger partial charge in [-0.1, -0.05) is 47.6 Å². The first kappa shape index (κ1) is 12.1. The fraction of sp³-hybridized carbons (Fsp3) is 0.176. The van der Waals surface area contributed by atoms with E-state index in [1.165, 1.54) is 5.56 Å². The van der Waals surface area contributed by atoms with Crippen molar-refractivity contribution in [3.63, 3.8) is 0 Å². The molecule has 0 radical (unpaired) electrons. The number of nitrogens with zero attached hydrogens (tertiary/aromatic N) is 2. The maximum Gasteiger partial charge on any atom is 0.237 e. The minimum atomic E-state index is -0.117. The van der Waals surface area contributed by atoms with Gasteiger partial charge in [-0.2, -0.15) is 4.98 Å². The van der Waals surface area contributed by atoms with Crippen LogP contribution in [0.1, 0.15) is 24.3 Å². The minimum absolute atomic E-state index is 0.117. The van der Waals surface area contributed by atoms with Crippen LogP contribution >= 0.6 is 0 Å². The number of hydrogen-bond donors (Lipinski definition) is 1. The maximum absolute atomic E-state index is 5.76. The molecule has 0 amide bonds. The second-order valence-corrected chi connectivity index (χ2v) is 5.49. The van der Waals surface area contributed by atoms with Gasteiger partial charge in [0, 0.05) is 11.3 Å². The number of hydrogen-bond acceptors (Lipinski definition) is 4. The monoisotopic (exact) mass is 277 g/mol. The van der Waals surface area contributed by atoms with E-state index in [1.54, 1.807) is 0 Å². The van der Waals surface area contributed by atoms with Crippen LogP contribution in [0.15, 0.2) is 59.1 Å². The molecule has 1 fully saturated rings. The van der Waals surface area contributed by atoms with E-state index in [0.717, 1.165) is 24.1 Å². The molecule has 1 aromatic heterocycles. The topological polar surface area (TPSA) is 64.9 Å². The summed E-state index contributed by atoms with van der Waals surface area (Å²) in [6.07, 6.45) is 2.07. The summed E-state index contributed by atoms with van der Waals surface area (Å²) < 4.78 is 5.54. The molecule has 0 atom stereocenters. The average molecular weight is 277 g/mol. The minimum Gasteiger partial charge on any atom is -0.399 e. The molecule has 0 saturated heterocycles. The third-order valence-corrected chi connectivity index (χ3v) is 4.08. The van der Waals surface area contributed by atoms with Gasteiger partial charge in [0.1, 0.15) is 0 Å². The third-order valence-electron chi connectivity index (χ3n) is 4.08. The lowest BCUT2D eigenvalue weighted by atomic mass is 9.95. The summed E-state index contributed by atoms with van der Waals surface area (Å²) in [5.41, 5.74) is 8.58. The van der Waals surface area contributed by atoms with Gasteiger partial charge in [-0.05, 0) is 30.5 Å². The second kappa shape index (κ2) is 4.45. The summed E-state index contributed by atoms with van der Waals surface area (Å²) in [6.45, 7) is 0. The maximum atomic E-state index is 5.76. The highest BCUT2D eigenvalue weighted by atomic mass is 16.5. The summed E-state index contributed by atoms with van der Waals surface area (Å²) in [6, 6.07) is 17.8. The van der Waals surface area contributed by atoms with Crippen molar-refractivity contribution >= 4 is 5.69 Å². The molecule has 104 valence electrons. The summed E-state index contributed by atoms with van der Waals surface area (Å²) >= 11 is 0. The molecule has 3 aromatic rings.